The average Bonchev–Trinajstić information content (AvgIpc) is 3.11. The summed E-state index contributed by atoms with van der Waals surface area (Å²) in [7, 11) is 1.90. The maximum atomic E-state index is 11.8. The van der Waals surface area contributed by atoms with Gasteiger partial charge < -0.3 is 9.88 Å². The fraction of sp³-hybridized carbons (Fsp3) is 0.100. The molecule has 2 aromatic heterocycles. The Morgan fingerprint density at radius 1 is 1.04 bits per heavy atom. The largest absolute Gasteiger partial charge is 0.366 e. The van der Waals surface area contributed by atoms with Crippen LogP contribution in [0.5, 0.6) is 0 Å². The van der Waals surface area contributed by atoms with Gasteiger partial charge in [0.15, 0.2) is 0 Å². The lowest BCUT2D eigenvalue weighted by Crippen LogP contribution is -2.17. The molecule has 27 heavy (non-hydrogen) atoms. The van der Waals surface area contributed by atoms with Crippen LogP contribution in [0.15, 0.2) is 73.2 Å². The van der Waals surface area contributed by atoms with Gasteiger partial charge in [0.25, 0.3) is 0 Å². The summed E-state index contributed by atoms with van der Waals surface area (Å²) in [6.07, 6.45) is 5.19. The molecule has 1 atom stereocenters. The molecule has 134 valence electrons. The minimum atomic E-state index is -0.368. The van der Waals surface area contributed by atoms with Crippen molar-refractivity contribution in [1.29, 1.82) is 0 Å². The van der Waals surface area contributed by atoms with Gasteiger partial charge in [-0.2, -0.15) is 0 Å². The minimum absolute atomic E-state index is 0.00994. The van der Waals surface area contributed by atoms with Gasteiger partial charge in [-0.25, -0.2) is 4.98 Å². The summed E-state index contributed by atoms with van der Waals surface area (Å²) in [6.45, 7) is 0. The first-order chi connectivity index (χ1) is 13.1. The molecule has 7 heteroatoms. The number of benzene rings is 2. The van der Waals surface area contributed by atoms with Crippen molar-refractivity contribution < 1.29 is 4.92 Å². The molecule has 4 aromatic rings. The second kappa shape index (κ2) is 6.87. The summed E-state index contributed by atoms with van der Waals surface area (Å²) in [5, 5.41) is 15.7. The van der Waals surface area contributed by atoms with Crippen molar-refractivity contribution in [3.63, 3.8) is 0 Å². The van der Waals surface area contributed by atoms with E-state index in [1.165, 1.54) is 0 Å². The van der Waals surface area contributed by atoms with E-state index in [0.717, 1.165) is 11.4 Å². The number of nitro benzene ring substituents is 1. The molecule has 0 aliphatic rings. The average molecular weight is 359 g/mol. The van der Waals surface area contributed by atoms with Gasteiger partial charge in [-0.05, 0) is 29.8 Å². The Kier molecular flexibility index (Phi) is 4.25. The third kappa shape index (κ3) is 3.10. The van der Waals surface area contributed by atoms with Gasteiger partial charge in [0.1, 0.15) is 17.6 Å². The summed E-state index contributed by atoms with van der Waals surface area (Å²) in [6, 6.07) is 16.3. The van der Waals surface area contributed by atoms with Gasteiger partial charge in [-0.1, -0.05) is 30.3 Å². The van der Waals surface area contributed by atoms with Crippen molar-refractivity contribution in [2.75, 3.05) is 5.32 Å². The van der Waals surface area contributed by atoms with Crippen molar-refractivity contribution in [2.45, 2.75) is 6.04 Å². The fourth-order valence-electron chi connectivity index (χ4n) is 3.20. The zero-order valence-corrected chi connectivity index (χ0v) is 14.6. The molecule has 2 aromatic carbocycles. The van der Waals surface area contributed by atoms with Crippen LogP contribution >= 0.6 is 0 Å². The summed E-state index contributed by atoms with van der Waals surface area (Å²) in [5.74, 6) is 0.766. The lowest BCUT2D eigenvalue weighted by atomic mass is 10.0. The molecule has 0 aliphatic heterocycles. The number of rotatable bonds is 5. The number of aromatic nitrogens is 3. The number of imidazole rings is 1. The first kappa shape index (κ1) is 16.7. The van der Waals surface area contributed by atoms with E-state index < -0.39 is 0 Å². The van der Waals surface area contributed by atoms with Crippen LogP contribution in [0.2, 0.25) is 0 Å². The highest BCUT2D eigenvalue weighted by Crippen LogP contribution is 2.36. The monoisotopic (exact) mass is 359 g/mol. The number of hydrogen-bond donors (Lipinski definition) is 1. The molecule has 0 aliphatic carbocycles. The molecule has 0 saturated heterocycles. The topological polar surface area (TPSA) is 85.9 Å². The second-order valence-corrected chi connectivity index (χ2v) is 6.17. The zero-order chi connectivity index (χ0) is 18.8. The molecule has 0 fully saturated rings. The Bertz CT molecular complexity index is 1110. The maximum Gasteiger partial charge on any atom is 0.301 e. The highest BCUT2D eigenvalue weighted by Gasteiger charge is 2.24. The van der Waals surface area contributed by atoms with Gasteiger partial charge in [0.05, 0.1) is 15.8 Å². The molecule has 2 heterocycles. The van der Waals surface area contributed by atoms with Crippen molar-refractivity contribution in [3.8, 4) is 0 Å². The Hall–Kier alpha value is -3.74. The molecular formula is C20H17N5O2. The number of pyridine rings is 1. The van der Waals surface area contributed by atoms with Gasteiger partial charge >= 0.3 is 5.69 Å². The van der Waals surface area contributed by atoms with Crippen LogP contribution in [-0.4, -0.2) is 19.5 Å². The number of fused-ring (bicyclic) bond motifs is 1. The predicted molar refractivity (Wildman–Crippen MR) is 104 cm³/mol. The van der Waals surface area contributed by atoms with Gasteiger partial charge in [-0.3, -0.25) is 15.1 Å². The molecule has 0 bridgehead atoms. The molecule has 0 amide bonds. The number of hydrogen-bond acceptors (Lipinski definition) is 5. The smallest absolute Gasteiger partial charge is 0.301 e. The molecule has 0 radical (unpaired) electrons. The van der Waals surface area contributed by atoms with Crippen molar-refractivity contribution >= 4 is 22.3 Å². The second-order valence-electron chi connectivity index (χ2n) is 6.17. The lowest BCUT2D eigenvalue weighted by molar-refractivity contribution is -0.382. The van der Waals surface area contributed by atoms with Crippen LogP contribution in [0, 0.1) is 10.1 Å². The molecule has 1 N–H and O–H groups in total. The number of nitrogens with one attached hydrogen (secondary N) is 1. The van der Waals surface area contributed by atoms with Crippen molar-refractivity contribution in [1.82, 2.24) is 14.5 Å². The van der Waals surface area contributed by atoms with E-state index in [1.54, 1.807) is 36.7 Å². The van der Waals surface area contributed by atoms with E-state index in [4.69, 9.17) is 0 Å². The van der Waals surface area contributed by atoms with E-state index >= 15 is 0 Å². The van der Waals surface area contributed by atoms with Crippen molar-refractivity contribution in [3.05, 3.63) is 94.7 Å². The van der Waals surface area contributed by atoms with E-state index in [1.807, 2.05) is 48.1 Å². The molecule has 0 spiro atoms. The molecule has 0 saturated carbocycles. The van der Waals surface area contributed by atoms with E-state index in [-0.39, 0.29) is 16.7 Å². The summed E-state index contributed by atoms with van der Waals surface area (Å²) >= 11 is 0. The summed E-state index contributed by atoms with van der Waals surface area (Å²) in [4.78, 5) is 20.1. The molecule has 1 unspecified atom stereocenters. The Balaban J connectivity index is 1.86. The third-order valence-electron chi connectivity index (χ3n) is 4.49. The van der Waals surface area contributed by atoms with Crippen LogP contribution in [0.1, 0.15) is 17.4 Å². The minimum Gasteiger partial charge on any atom is -0.366 e. The Labute approximate surface area is 155 Å². The van der Waals surface area contributed by atoms with Gasteiger partial charge in [-0.15, -0.1) is 0 Å². The van der Waals surface area contributed by atoms with Crippen LogP contribution in [0.25, 0.3) is 10.9 Å². The molecule has 4 rings (SSSR count). The fourth-order valence-corrected chi connectivity index (χ4v) is 3.20. The number of nitrogens with zero attached hydrogens (tertiary/aromatic N) is 4. The number of anilines is 1. The first-order valence-corrected chi connectivity index (χ1v) is 8.46. The normalized spacial score (nSPS) is 12.0. The van der Waals surface area contributed by atoms with E-state index in [0.29, 0.717) is 16.6 Å². The number of nitro groups is 1. The van der Waals surface area contributed by atoms with E-state index in [9.17, 15) is 10.1 Å². The summed E-state index contributed by atoms with van der Waals surface area (Å²) in [5.41, 5.74) is 1.99. The predicted octanol–water partition coefficient (Wildman–Crippen LogP) is 4.08. The highest BCUT2D eigenvalue weighted by atomic mass is 16.6. The van der Waals surface area contributed by atoms with Crippen molar-refractivity contribution in [2.24, 2.45) is 7.05 Å². The lowest BCUT2D eigenvalue weighted by Gasteiger charge is -2.20. The van der Waals surface area contributed by atoms with Gasteiger partial charge in [0, 0.05) is 25.6 Å². The molecule has 7 nitrogen and oxygen atoms in total. The van der Waals surface area contributed by atoms with Gasteiger partial charge in [0.2, 0.25) is 0 Å². The standard InChI is InChI=1S/C20H17N5O2/c1-24-13-12-22-20(24)18(14-6-3-2-4-7-14)23-17-10-9-16-15(8-5-11-21-16)19(17)25(26)27/h2-13,18,23H,1H3. The highest BCUT2D eigenvalue weighted by molar-refractivity contribution is 5.94. The maximum absolute atomic E-state index is 11.8. The number of aryl methyl sites for hydroxylation is 1. The third-order valence-corrected chi connectivity index (χ3v) is 4.49. The molecular weight excluding hydrogens is 342 g/mol. The first-order valence-electron chi connectivity index (χ1n) is 8.46. The Morgan fingerprint density at radius 2 is 1.85 bits per heavy atom. The van der Waals surface area contributed by atoms with Crippen LogP contribution in [0.4, 0.5) is 11.4 Å². The SMILES string of the molecule is Cn1ccnc1C(Nc1ccc2ncccc2c1[N+](=O)[O-])c1ccccc1. The van der Waals surface area contributed by atoms with Crippen LogP contribution in [0.3, 0.4) is 0 Å². The summed E-state index contributed by atoms with van der Waals surface area (Å²) < 4.78 is 1.90. The van der Waals surface area contributed by atoms with Crippen LogP contribution < -0.4 is 5.32 Å². The van der Waals surface area contributed by atoms with Crippen LogP contribution in [-0.2, 0) is 7.05 Å². The van der Waals surface area contributed by atoms with E-state index in [2.05, 4.69) is 15.3 Å². The Morgan fingerprint density at radius 3 is 2.56 bits per heavy atom. The quantitative estimate of drug-likeness (QED) is 0.429. The zero-order valence-electron chi connectivity index (χ0n) is 14.6.